The first-order chi connectivity index (χ1) is 10.8. The molecule has 0 unspecified atom stereocenters. The summed E-state index contributed by atoms with van der Waals surface area (Å²) in [6, 6.07) is 8.88. The lowest BCUT2D eigenvalue weighted by molar-refractivity contribution is 0.340. The van der Waals surface area contributed by atoms with Gasteiger partial charge in [0.15, 0.2) is 0 Å². The largest absolute Gasteiger partial charge is 0.494 e. The van der Waals surface area contributed by atoms with Crippen LogP contribution >= 0.6 is 11.3 Å². The van der Waals surface area contributed by atoms with Crippen LogP contribution in [0.1, 0.15) is 44.7 Å². The average Bonchev–Trinajstić information content (AvgIpc) is 3.04. The van der Waals surface area contributed by atoms with Crippen LogP contribution in [-0.4, -0.2) is 17.6 Å². The summed E-state index contributed by atoms with van der Waals surface area (Å²) >= 11 is 1.72. The predicted octanol–water partition coefficient (Wildman–Crippen LogP) is 4.63. The summed E-state index contributed by atoms with van der Waals surface area (Å²) < 4.78 is 5.48. The first kappa shape index (κ1) is 15.5. The molecule has 0 spiro atoms. The highest BCUT2D eigenvalue weighted by atomic mass is 32.1. The molecule has 118 valence electrons. The number of hydrogen-bond donors (Lipinski definition) is 1. The lowest BCUT2D eigenvalue weighted by atomic mass is 9.95. The fraction of sp³-hybridized carbons (Fsp3) is 0.500. The standard InChI is InChI=1S/C18H24N2OS/c1-2-21-17-10-8-14(9-11-17)18-20-16(13-22-18)12-19-15-6-4-3-5-7-15/h8-11,13,15,19H,2-7,12H2,1H3. The summed E-state index contributed by atoms with van der Waals surface area (Å²) in [5.41, 5.74) is 2.32. The van der Waals surface area contributed by atoms with Gasteiger partial charge in [-0.05, 0) is 44.0 Å². The molecule has 0 atom stereocenters. The first-order valence-electron chi connectivity index (χ1n) is 8.26. The number of benzene rings is 1. The van der Waals surface area contributed by atoms with E-state index in [0.29, 0.717) is 12.6 Å². The second-order valence-electron chi connectivity index (χ2n) is 5.82. The minimum atomic E-state index is 0.685. The van der Waals surface area contributed by atoms with Gasteiger partial charge >= 0.3 is 0 Å². The Bertz CT molecular complexity index is 573. The Kier molecular flexibility index (Phi) is 5.46. The van der Waals surface area contributed by atoms with Crippen LogP contribution in [-0.2, 0) is 6.54 Å². The van der Waals surface area contributed by atoms with Crippen LogP contribution in [0.15, 0.2) is 29.6 Å². The number of hydrogen-bond acceptors (Lipinski definition) is 4. The fourth-order valence-electron chi connectivity index (χ4n) is 2.94. The van der Waals surface area contributed by atoms with Gasteiger partial charge in [-0.3, -0.25) is 0 Å². The molecule has 1 saturated carbocycles. The van der Waals surface area contributed by atoms with E-state index in [1.54, 1.807) is 11.3 Å². The maximum absolute atomic E-state index is 5.48. The normalized spacial score (nSPS) is 15.9. The van der Waals surface area contributed by atoms with Crippen molar-refractivity contribution in [1.82, 2.24) is 10.3 Å². The topological polar surface area (TPSA) is 34.1 Å². The molecule has 1 heterocycles. The summed E-state index contributed by atoms with van der Waals surface area (Å²) in [7, 11) is 0. The number of aromatic nitrogens is 1. The minimum absolute atomic E-state index is 0.685. The molecule has 1 aromatic heterocycles. The fourth-order valence-corrected chi connectivity index (χ4v) is 3.76. The van der Waals surface area contributed by atoms with Crippen LogP contribution in [0.4, 0.5) is 0 Å². The van der Waals surface area contributed by atoms with E-state index in [2.05, 4.69) is 22.8 Å². The van der Waals surface area contributed by atoms with Crippen molar-refractivity contribution < 1.29 is 4.74 Å². The quantitative estimate of drug-likeness (QED) is 0.843. The van der Waals surface area contributed by atoms with Gasteiger partial charge in [0.1, 0.15) is 10.8 Å². The molecule has 1 aliphatic rings. The van der Waals surface area contributed by atoms with Crippen molar-refractivity contribution in [2.24, 2.45) is 0 Å². The molecule has 3 nitrogen and oxygen atoms in total. The molecule has 0 aliphatic heterocycles. The maximum Gasteiger partial charge on any atom is 0.123 e. The number of nitrogens with one attached hydrogen (secondary N) is 1. The zero-order valence-corrected chi connectivity index (χ0v) is 14.0. The van der Waals surface area contributed by atoms with E-state index in [9.17, 15) is 0 Å². The SMILES string of the molecule is CCOc1ccc(-c2nc(CNC3CCCCC3)cs2)cc1. The smallest absolute Gasteiger partial charge is 0.123 e. The summed E-state index contributed by atoms with van der Waals surface area (Å²) in [5, 5.41) is 6.91. The molecule has 2 aromatic rings. The van der Waals surface area contributed by atoms with E-state index in [4.69, 9.17) is 9.72 Å². The van der Waals surface area contributed by atoms with Crippen LogP contribution in [0, 0.1) is 0 Å². The third-order valence-corrected chi connectivity index (χ3v) is 5.08. The van der Waals surface area contributed by atoms with E-state index in [-0.39, 0.29) is 0 Å². The number of nitrogens with zero attached hydrogens (tertiary/aromatic N) is 1. The molecule has 0 amide bonds. The summed E-state index contributed by atoms with van der Waals surface area (Å²) in [6.07, 6.45) is 6.76. The van der Waals surface area contributed by atoms with Gasteiger partial charge in [0.05, 0.1) is 12.3 Å². The lowest BCUT2D eigenvalue weighted by Crippen LogP contribution is -2.30. The highest BCUT2D eigenvalue weighted by molar-refractivity contribution is 7.13. The molecule has 1 fully saturated rings. The highest BCUT2D eigenvalue weighted by Crippen LogP contribution is 2.26. The van der Waals surface area contributed by atoms with Crippen molar-refractivity contribution >= 4 is 11.3 Å². The van der Waals surface area contributed by atoms with Crippen molar-refractivity contribution in [3.63, 3.8) is 0 Å². The zero-order valence-electron chi connectivity index (χ0n) is 13.2. The predicted molar refractivity (Wildman–Crippen MR) is 92.4 cm³/mol. The van der Waals surface area contributed by atoms with Gasteiger partial charge in [-0.2, -0.15) is 0 Å². The van der Waals surface area contributed by atoms with Crippen LogP contribution in [0.5, 0.6) is 5.75 Å². The number of rotatable bonds is 6. The third-order valence-electron chi connectivity index (χ3n) is 4.14. The van der Waals surface area contributed by atoms with Crippen molar-refractivity contribution in [3.8, 4) is 16.3 Å². The first-order valence-corrected chi connectivity index (χ1v) is 9.14. The zero-order chi connectivity index (χ0) is 15.2. The van der Waals surface area contributed by atoms with Gasteiger partial charge in [-0.25, -0.2) is 4.98 Å². The van der Waals surface area contributed by atoms with Gasteiger partial charge in [0.2, 0.25) is 0 Å². The lowest BCUT2D eigenvalue weighted by Gasteiger charge is -2.22. The second-order valence-corrected chi connectivity index (χ2v) is 6.68. The van der Waals surface area contributed by atoms with Crippen molar-refractivity contribution in [1.29, 1.82) is 0 Å². The van der Waals surface area contributed by atoms with Gasteiger partial charge in [-0.15, -0.1) is 11.3 Å². The van der Waals surface area contributed by atoms with Gasteiger partial charge in [0, 0.05) is 23.5 Å². The number of thiazole rings is 1. The van der Waals surface area contributed by atoms with Gasteiger partial charge in [-0.1, -0.05) is 19.3 Å². The highest BCUT2D eigenvalue weighted by Gasteiger charge is 2.13. The second kappa shape index (κ2) is 7.75. The van der Waals surface area contributed by atoms with Crippen LogP contribution in [0.2, 0.25) is 0 Å². The van der Waals surface area contributed by atoms with Crippen molar-refractivity contribution in [3.05, 3.63) is 35.3 Å². The maximum atomic E-state index is 5.48. The van der Waals surface area contributed by atoms with E-state index in [0.717, 1.165) is 28.6 Å². The Morgan fingerprint density at radius 1 is 1.18 bits per heavy atom. The average molecular weight is 316 g/mol. The minimum Gasteiger partial charge on any atom is -0.494 e. The van der Waals surface area contributed by atoms with E-state index in [1.165, 1.54) is 32.1 Å². The summed E-state index contributed by atoms with van der Waals surface area (Å²) in [5.74, 6) is 0.919. The third kappa shape index (κ3) is 4.08. The Morgan fingerprint density at radius 2 is 1.95 bits per heavy atom. The Balaban J connectivity index is 1.58. The Hall–Kier alpha value is -1.39. The van der Waals surface area contributed by atoms with Gasteiger partial charge < -0.3 is 10.1 Å². The molecule has 1 aliphatic carbocycles. The summed E-state index contributed by atoms with van der Waals surface area (Å²) in [4.78, 5) is 4.76. The Morgan fingerprint density at radius 3 is 2.68 bits per heavy atom. The molecule has 0 radical (unpaired) electrons. The molecular formula is C18H24N2OS. The van der Waals surface area contributed by atoms with Crippen molar-refractivity contribution in [2.75, 3.05) is 6.61 Å². The van der Waals surface area contributed by atoms with Crippen LogP contribution in [0.3, 0.4) is 0 Å². The van der Waals surface area contributed by atoms with Crippen LogP contribution in [0.25, 0.3) is 10.6 Å². The number of ether oxygens (including phenoxy) is 1. The van der Waals surface area contributed by atoms with E-state index in [1.807, 2.05) is 19.1 Å². The van der Waals surface area contributed by atoms with E-state index < -0.39 is 0 Å². The monoisotopic (exact) mass is 316 g/mol. The molecule has 0 bridgehead atoms. The Labute approximate surface area is 136 Å². The summed E-state index contributed by atoms with van der Waals surface area (Å²) in [6.45, 7) is 3.59. The molecule has 4 heteroatoms. The van der Waals surface area contributed by atoms with Crippen molar-refractivity contribution in [2.45, 2.75) is 51.6 Å². The van der Waals surface area contributed by atoms with Crippen LogP contribution < -0.4 is 10.1 Å². The molecule has 1 aromatic carbocycles. The van der Waals surface area contributed by atoms with Gasteiger partial charge in [0.25, 0.3) is 0 Å². The molecule has 0 saturated heterocycles. The molecule has 3 rings (SSSR count). The van der Waals surface area contributed by atoms with E-state index >= 15 is 0 Å². The molecular weight excluding hydrogens is 292 g/mol. The molecule has 1 N–H and O–H groups in total. The molecule has 22 heavy (non-hydrogen) atoms.